The second-order valence-electron chi connectivity index (χ2n) is 7.42. The van der Waals surface area contributed by atoms with Gasteiger partial charge in [-0.1, -0.05) is 20.8 Å². The lowest BCUT2D eigenvalue weighted by molar-refractivity contribution is 0.0948. The average molecular weight is 428 g/mol. The number of aromatic nitrogens is 3. The molecule has 1 amide bonds. The number of H-pyrrole nitrogens is 1. The molecule has 8 nitrogen and oxygen atoms in total. The van der Waals surface area contributed by atoms with Crippen molar-refractivity contribution >= 4 is 16.9 Å². The SMILES string of the molecule is CCCn1c(=O)[nH]c(=O)c2c(C(=O)NCCOc3ccc(F)cc3)cc(C(C)C)nc21. The zero-order valence-corrected chi connectivity index (χ0v) is 17.7. The summed E-state index contributed by atoms with van der Waals surface area (Å²) in [5.41, 5.74) is -0.235. The molecule has 0 saturated heterocycles. The predicted molar refractivity (Wildman–Crippen MR) is 115 cm³/mol. The van der Waals surface area contributed by atoms with Gasteiger partial charge in [0.05, 0.1) is 17.5 Å². The molecular weight excluding hydrogens is 403 g/mol. The molecule has 2 aromatic heterocycles. The first-order valence-corrected chi connectivity index (χ1v) is 10.2. The van der Waals surface area contributed by atoms with Crippen LogP contribution in [0.5, 0.6) is 5.75 Å². The third-order valence-corrected chi connectivity index (χ3v) is 4.72. The Kier molecular flexibility index (Phi) is 6.84. The molecule has 0 unspecified atom stereocenters. The van der Waals surface area contributed by atoms with Crippen LogP contribution < -0.4 is 21.3 Å². The van der Waals surface area contributed by atoms with E-state index < -0.39 is 17.2 Å². The smallest absolute Gasteiger partial charge is 0.329 e. The minimum Gasteiger partial charge on any atom is -0.492 e. The van der Waals surface area contributed by atoms with Crippen LogP contribution in [-0.4, -0.2) is 33.6 Å². The summed E-state index contributed by atoms with van der Waals surface area (Å²) in [5, 5.41) is 2.80. The summed E-state index contributed by atoms with van der Waals surface area (Å²) in [5.74, 6) is -0.364. The first-order chi connectivity index (χ1) is 14.8. The van der Waals surface area contributed by atoms with Crippen molar-refractivity contribution in [2.24, 2.45) is 0 Å². The van der Waals surface area contributed by atoms with Gasteiger partial charge in [-0.25, -0.2) is 14.2 Å². The topological polar surface area (TPSA) is 106 Å². The summed E-state index contributed by atoms with van der Waals surface area (Å²) in [4.78, 5) is 44.6. The molecule has 2 heterocycles. The Hall–Kier alpha value is -3.49. The van der Waals surface area contributed by atoms with E-state index in [2.05, 4.69) is 15.3 Å². The Labute approximate surface area is 178 Å². The third-order valence-electron chi connectivity index (χ3n) is 4.72. The van der Waals surface area contributed by atoms with Crippen molar-refractivity contribution < 1.29 is 13.9 Å². The van der Waals surface area contributed by atoms with Crippen molar-refractivity contribution in [3.05, 3.63) is 68.2 Å². The van der Waals surface area contributed by atoms with Gasteiger partial charge < -0.3 is 10.1 Å². The van der Waals surface area contributed by atoms with Gasteiger partial charge in [0.25, 0.3) is 11.5 Å². The lowest BCUT2D eigenvalue weighted by Crippen LogP contribution is -2.34. The van der Waals surface area contributed by atoms with E-state index in [1.807, 2.05) is 20.8 Å². The molecule has 3 rings (SSSR count). The second-order valence-corrected chi connectivity index (χ2v) is 7.42. The van der Waals surface area contributed by atoms with E-state index >= 15 is 0 Å². The molecule has 0 aliphatic carbocycles. The Balaban J connectivity index is 1.89. The Bertz CT molecular complexity index is 1200. The van der Waals surface area contributed by atoms with Crippen LogP contribution in [0.3, 0.4) is 0 Å². The van der Waals surface area contributed by atoms with Crippen LogP contribution >= 0.6 is 0 Å². The van der Waals surface area contributed by atoms with Crippen LogP contribution in [-0.2, 0) is 6.54 Å². The maximum atomic E-state index is 13.0. The number of fused-ring (bicyclic) bond motifs is 1. The number of pyridine rings is 1. The summed E-state index contributed by atoms with van der Waals surface area (Å²) in [6, 6.07) is 7.14. The van der Waals surface area contributed by atoms with E-state index in [-0.39, 0.29) is 41.5 Å². The molecule has 9 heteroatoms. The Morgan fingerprint density at radius 3 is 2.61 bits per heavy atom. The van der Waals surface area contributed by atoms with Crippen molar-refractivity contribution in [2.45, 2.75) is 39.7 Å². The number of nitrogens with zero attached hydrogens (tertiary/aromatic N) is 2. The van der Waals surface area contributed by atoms with E-state index in [0.717, 1.165) is 0 Å². The first kappa shape index (κ1) is 22.2. The number of hydrogen-bond donors (Lipinski definition) is 2. The predicted octanol–water partition coefficient (Wildman–Crippen LogP) is 2.57. The minimum atomic E-state index is -0.650. The summed E-state index contributed by atoms with van der Waals surface area (Å²) in [6.45, 7) is 6.44. The van der Waals surface area contributed by atoms with Crippen molar-refractivity contribution in [1.29, 1.82) is 0 Å². The quantitative estimate of drug-likeness (QED) is 0.537. The monoisotopic (exact) mass is 428 g/mol. The highest BCUT2D eigenvalue weighted by molar-refractivity contribution is 6.05. The third kappa shape index (κ3) is 4.99. The largest absolute Gasteiger partial charge is 0.492 e. The lowest BCUT2D eigenvalue weighted by atomic mass is 10.0. The number of amides is 1. The fourth-order valence-corrected chi connectivity index (χ4v) is 3.16. The van der Waals surface area contributed by atoms with Gasteiger partial charge in [0.1, 0.15) is 18.2 Å². The molecule has 0 fully saturated rings. The lowest BCUT2D eigenvalue weighted by Gasteiger charge is -2.14. The minimum absolute atomic E-state index is 0.0118. The first-order valence-electron chi connectivity index (χ1n) is 10.2. The summed E-state index contributed by atoms with van der Waals surface area (Å²) in [7, 11) is 0. The van der Waals surface area contributed by atoms with Crippen LogP contribution in [0.25, 0.3) is 11.0 Å². The number of rotatable bonds is 8. The zero-order chi connectivity index (χ0) is 22.5. The number of nitrogens with one attached hydrogen (secondary N) is 2. The maximum Gasteiger partial charge on any atom is 0.329 e. The molecule has 3 aromatic rings. The van der Waals surface area contributed by atoms with Crippen molar-refractivity contribution in [1.82, 2.24) is 19.9 Å². The van der Waals surface area contributed by atoms with Crippen molar-refractivity contribution in [3.63, 3.8) is 0 Å². The molecule has 164 valence electrons. The van der Waals surface area contributed by atoms with E-state index in [1.165, 1.54) is 28.8 Å². The molecule has 1 aromatic carbocycles. The molecular formula is C22H25FN4O4. The number of halogens is 1. The molecule has 0 atom stereocenters. The van der Waals surface area contributed by atoms with Crippen LogP contribution in [0.2, 0.25) is 0 Å². The highest BCUT2D eigenvalue weighted by Crippen LogP contribution is 2.20. The van der Waals surface area contributed by atoms with E-state index in [1.54, 1.807) is 6.07 Å². The summed E-state index contributed by atoms with van der Waals surface area (Å²) >= 11 is 0. The summed E-state index contributed by atoms with van der Waals surface area (Å²) in [6.07, 6.45) is 0.664. The highest BCUT2D eigenvalue weighted by Gasteiger charge is 2.20. The van der Waals surface area contributed by atoms with Gasteiger partial charge in [-0.15, -0.1) is 0 Å². The number of aromatic amines is 1. The molecule has 0 radical (unpaired) electrons. The van der Waals surface area contributed by atoms with Gasteiger partial charge in [0.2, 0.25) is 0 Å². The fraction of sp³-hybridized carbons (Fsp3) is 0.364. The van der Waals surface area contributed by atoms with Gasteiger partial charge in [-0.3, -0.25) is 19.1 Å². The molecule has 0 bridgehead atoms. The standard InChI is InChI=1S/C22H25FN4O4/c1-4-10-27-19-18(21(29)26-22(27)30)16(12-17(25-19)13(2)3)20(28)24-9-11-31-15-7-5-14(23)6-8-15/h5-8,12-13H,4,9-11H2,1-3H3,(H,24,28)(H,26,29,30). The Morgan fingerprint density at radius 1 is 1.26 bits per heavy atom. The van der Waals surface area contributed by atoms with Crippen molar-refractivity contribution in [3.8, 4) is 5.75 Å². The van der Waals surface area contributed by atoms with Crippen LogP contribution in [0.4, 0.5) is 4.39 Å². The van der Waals surface area contributed by atoms with Crippen LogP contribution in [0.1, 0.15) is 49.2 Å². The average Bonchev–Trinajstić information content (AvgIpc) is 2.74. The number of carbonyl (C=O) groups excluding carboxylic acids is 1. The van der Waals surface area contributed by atoms with Crippen molar-refractivity contribution in [2.75, 3.05) is 13.2 Å². The second kappa shape index (κ2) is 9.55. The zero-order valence-electron chi connectivity index (χ0n) is 17.7. The normalized spacial score (nSPS) is 11.1. The molecule has 0 aliphatic heterocycles. The number of ether oxygens (including phenoxy) is 1. The molecule has 0 saturated carbocycles. The molecule has 0 aliphatic rings. The fourth-order valence-electron chi connectivity index (χ4n) is 3.16. The van der Waals surface area contributed by atoms with Crippen LogP contribution in [0.15, 0.2) is 39.9 Å². The van der Waals surface area contributed by atoms with Crippen LogP contribution in [0, 0.1) is 5.82 Å². The van der Waals surface area contributed by atoms with E-state index in [4.69, 9.17) is 4.74 Å². The van der Waals surface area contributed by atoms with Gasteiger partial charge in [-0.05, 0) is 42.7 Å². The van der Waals surface area contributed by atoms with Gasteiger partial charge >= 0.3 is 5.69 Å². The Morgan fingerprint density at radius 2 is 1.97 bits per heavy atom. The number of aryl methyl sites for hydroxylation is 1. The summed E-state index contributed by atoms with van der Waals surface area (Å²) < 4.78 is 19.8. The highest BCUT2D eigenvalue weighted by atomic mass is 19.1. The number of benzene rings is 1. The molecule has 0 spiro atoms. The molecule has 2 N–H and O–H groups in total. The van der Waals surface area contributed by atoms with Gasteiger partial charge in [0, 0.05) is 12.2 Å². The maximum absolute atomic E-state index is 13.0. The number of hydrogen-bond acceptors (Lipinski definition) is 5. The van der Waals surface area contributed by atoms with E-state index in [0.29, 0.717) is 24.4 Å². The molecule has 31 heavy (non-hydrogen) atoms. The van der Waals surface area contributed by atoms with E-state index in [9.17, 15) is 18.8 Å². The number of carbonyl (C=O) groups is 1. The van der Waals surface area contributed by atoms with Gasteiger partial charge in [0.15, 0.2) is 5.65 Å². The van der Waals surface area contributed by atoms with Gasteiger partial charge in [-0.2, -0.15) is 0 Å².